The van der Waals surface area contributed by atoms with Crippen LogP contribution in [-0.4, -0.2) is 71.2 Å². The van der Waals surface area contributed by atoms with Gasteiger partial charge in [0.1, 0.15) is 6.04 Å². The van der Waals surface area contributed by atoms with Crippen molar-refractivity contribution in [1.82, 2.24) is 20.0 Å². The molecule has 6 rings (SSSR count). The van der Waals surface area contributed by atoms with Gasteiger partial charge in [0.2, 0.25) is 11.8 Å². The standard InChI is InChI=1S/C28H31BrN4O3/c29-22-4-2-19(3-5-22)24-14-21(24)16-32-11-9-31(10-12-32)15-18-1-6-23-20(13-18)17-33(28(23)36)25-7-8-26(34)30-27(25)35/h1-6,13,21,24-25H,7-12,14-17H2,(H,30,34,35). The zero-order chi connectivity index (χ0) is 24.8. The van der Waals surface area contributed by atoms with Crippen molar-refractivity contribution >= 4 is 33.7 Å². The highest BCUT2D eigenvalue weighted by molar-refractivity contribution is 9.10. The van der Waals surface area contributed by atoms with Crippen molar-refractivity contribution in [3.05, 3.63) is 69.2 Å². The highest BCUT2D eigenvalue weighted by Gasteiger charge is 2.40. The quantitative estimate of drug-likeness (QED) is 0.559. The number of nitrogens with zero attached hydrogens (tertiary/aromatic N) is 3. The van der Waals surface area contributed by atoms with E-state index < -0.39 is 6.04 Å². The summed E-state index contributed by atoms with van der Waals surface area (Å²) in [6.07, 6.45) is 1.97. The molecule has 0 spiro atoms. The first-order chi connectivity index (χ1) is 17.4. The van der Waals surface area contributed by atoms with E-state index >= 15 is 0 Å². The third-order valence-corrected chi connectivity index (χ3v) is 8.70. The van der Waals surface area contributed by atoms with Crippen molar-refractivity contribution in [3.63, 3.8) is 0 Å². The van der Waals surface area contributed by atoms with Crippen LogP contribution in [0.25, 0.3) is 0 Å². The Morgan fingerprint density at radius 1 is 0.944 bits per heavy atom. The van der Waals surface area contributed by atoms with E-state index in [1.165, 1.54) is 24.1 Å². The topological polar surface area (TPSA) is 73.0 Å². The van der Waals surface area contributed by atoms with E-state index in [0.29, 0.717) is 24.4 Å². The van der Waals surface area contributed by atoms with E-state index in [0.717, 1.165) is 48.7 Å². The molecule has 2 aromatic carbocycles. The van der Waals surface area contributed by atoms with Crippen LogP contribution in [0.2, 0.25) is 0 Å². The molecule has 3 atom stereocenters. The molecule has 3 amide bonds. The number of rotatable bonds is 6. The number of hydrogen-bond acceptors (Lipinski definition) is 5. The second kappa shape index (κ2) is 9.72. The third kappa shape index (κ3) is 4.86. The number of fused-ring (bicyclic) bond motifs is 1. The summed E-state index contributed by atoms with van der Waals surface area (Å²) in [5.41, 5.74) is 4.33. The first-order valence-corrected chi connectivity index (χ1v) is 13.7. The summed E-state index contributed by atoms with van der Waals surface area (Å²) >= 11 is 3.52. The molecule has 1 aliphatic carbocycles. The van der Waals surface area contributed by atoms with Crippen LogP contribution in [0.4, 0.5) is 0 Å². The Morgan fingerprint density at radius 3 is 2.44 bits per heavy atom. The normalized spacial score (nSPS) is 26.8. The van der Waals surface area contributed by atoms with Crippen LogP contribution in [0.3, 0.4) is 0 Å². The fraction of sp³-hybridized carbons (Fsp3) is 0.464. The minimum atomic E-state index is -0.561. The van der Waals surface area contributed by atoms with Gasteiger partial charge in [-0.05, 0) is 59.6 Å². The molecule has 3 heterocycles. The Morgan fingerprint density at radius 2 is 1.69 bits per heavy atom. The molecule has 0 radical (unpaired) electrons. The van der Waals surface area contributed by atoms with Gasteiger partial charge in [0.25, 0.3) is 5.91 Å². The molecule has 3 fully saturated rings. The van der Waals surface area contributed by atoms with Crippen molar-refractivity contribution in [2.75, 3.05) is 32.7 Å². The number of carbonyl (C=O) groups excluding carboxylic acids is 3. The van der Waals surface area contributed by atoms with E-state index in [9.17, 15) is 14.4 Å². The Bertz CT molecular complexity index is 1190. The SMILES string of the molecule is O=C1CCC(N2Cc3cc(CN4CCN(CC5CC5c5ccc(Br)cc5)CC4)ccc3C2=O)C(=O)N1. The molecule has 188 valence electrons. The minimum Gasteiger partial charge on any atom is -0.322 e. The molecule has 0 aromatic heterocycles. The van der Waals surface area contributed by atoms with Crippen molar-refractivity contribution in [3.8, 4) is 0 Å². The van der Waals surface area contributed by atoms with Crippen LogP contribution < -0.4 is 5.32 Å². The van der Waals surface area contributed by atoms with Gasteiger partial charge in [-0.3, -0.25) is 24.6 Å². The van der Waals surface area contributed by atoms with Gasteiger partial charge in [0, 0.05) is 62.3 Å². The molecule has 0 bridgehead atoms. The lowest BCUT2D eigenvalue weighted by molar-refractivity contribution is -0.136. The van der Waals surface area contributed by atoms with Gasteiger partial charge in [-0.25, -0.2) is 0 Å². The van der Waals surface area contributed by atoms with Crippen LogP contribution in [0.1, 0.15) is 52.2 Å². The predicted octanol–water partition coefficient (Wildman–Crippen LogP) is 3.13. The van der Waals surface area contributed by atoms with Gasteiger partial charge in [-0.1, -0.05) is 40.2 Å². The number of piperazine rings is 1. The van der Waals surface area contributed by atoms with Gasteiger partial charge < -0.3 is 9.80 Å². The average molecular weight is 551 g/mol. The summed E-state index contributed by atoms with van der Waals surface area (Å²) in [4.78, 5) is 43.4. The summed E-state index contributed by atoms with van der Waals surface area (Å²) in [5, 5.41) is 2.37. The molecular weight excluding hydrogens is 520 g/mol. The smallest absolute Gasteiger partial charge is 0.255 e. The first-order valence-electron chi connectivity index (χ1n) is 12.9. The summed E-state index contributed by atoms with van der Waals surface area (Å²) in [6.45, 7) is 6.78. The Labute approximate surface area is 219 Å². The summed E-state index contributed by atoms with van der Waals surface area (Å²) in [7, 11) is 0. The Balaban J connectivity index is 1.000. The van der Waals surface area contributed by atoms with Gasteiger partial charge in [0.05, 0.1) is 0 Å². The molecule has 7 nitrogen and oxygen atoms in total. The molecule has 2 saturated heterocycles. The maximum Gasteiger partial charge on any atom is 0.255 e. The summed E-state index contributed by atoms with van der Waals surface area (Å²) < 4.78 is 1.14. The number of hydrogen-bond donors (Lipinski definition) is 1. The fourth-order valence-electron chi connectivity index (χ4n) is 6.01. The zero-order valence-corrected chi connectivity index (χ0v) is 21.9. The summed E-state index contributed by atoms with van der Waals surface area (Å²) in [6, 6.07) is 14.3. The molecule has 2 aromatic rings. The maximum absolute atomic E-state index is 12.9. The summed E-state index contributed by atoms with van der Waals surface area (Å²) in [5.74, 6) is 0.759. The van der Waals surface area contributed by atoms with Gasteiger partial charge in [-0.2, -0.15) is 0 Å². The van der Waals surface area contributed by atoms with Crippen LogP contribution in [0, 0.1) is 5.92 Å². The molecule has 3 unspecified atom stereocenters. The van der Waals surface area contributed by atoms with E-state index in [4.69, 9.17) is 0 Å². The lowest BCUT2D eigenvalue weighted by Gasteiger charge is -2.35. The molecule has 3 aliphatic heterocycles. The average Bonchev–Trinajstić information content (AvgIpc) is 3.55. The Kier molecular flexibility index (Phi) is 6.44. The number of benzene rings is 2. The molecule has 1 N–H and O–H groups in total. The van der Waals surface area contributed by atoms with E-state index in [-0.39, 0.29) is 24.1 Å². The molecule has 36 heavy (non-hydrogen) atoms. The Hall–Kier alpha value is -2.55. The number of amides is 3. The predicted molar refractivity (Wildman–Crippen MR) is 139 cm³/mol. The number of carbonyl (C=O) groups is 3. The van der Waals surface area contributed by atoms with Crippen molar-refractivity contribution in [2.45, 2.75) is 44.3 Å². The zero-order valence-electron chi connectivity index (χ0n) is 20.3. The van der Waals surface area contributed by atoms with Crippen LogP contribution in [-0.2, 0) is 22.7 Å². The second-order valence-electron chi connectivity index (χ2n) is 10.6. The van der Waals surface area contributed by atoms with E-state index in [2.05, 4.69) is 61.4 Å². The first kappa shape index (κ1) is 23.8. The lowest BCUT2D eigenvalue weighted by atomic mass is 10.0. The van der Waals surface area contributed by atoms with Crippen molar-refractivity contribution in [1.29, 1.82) is 0 Å². The molecular formula is C28H31BrN4O3. The second-order valence-corrected chi connectivity index (χ2v) is 11.5. The molecule has 8 heteroatoms. The van der Waals surface area contributed by atoms with Crippen LogP contribution >= 0.6 is 15.9 Å². The van der Waals surface area contributed by atoms with E-state index in [1.807, 2.05) is 12.1 Å². The third-order valence-electron chi connectivity index (χ3n) is 8.17. The van der Waals surface area contributed by atoms with E-state index in [1.54, 1.807) is 4.90 Å². The van der Waals surface area contributed by atoms with Crippen molar-refractivity contribution < 1.29 is 14.4 Å². The molecule has 1 saturated carbocycles. The minimum absolute atomic E-state index is 0.110. The fourth-order valence-corrected chi connectivity index (χ4v) is 6.28. The number of nitrogens with one attached hydrogen (secondary N) is 1. The lowest BCUT2D eigenvalue weighted by Crippen LogP contribution is -2.52. The van der Waals surface area contributed by atoms with Crippen LogP contribution in [0.5, 0.6) is 0 Å². The van der Waals surface area contributed by atoms with Crippen LogP contribution in [0.15, 0.2) is 46.9 Å². The van der Waals surface area contributed by atoms with Gasteiger partial charge in [-0.15, -0.1) is 0 Å². The van der Waals surface area contributed by atoms with Crippen molar-refractivity contribution in [2.24, 2.45) is 5.92 Å². The largest absolute Gasteiger partial charge is 0.322 e. The highest BCUT2D eigenvalue weighted by Crippen LogP contribution is 2.48. The number of imide groups is 1. The molecule has 4 aliphatic rings. The van der Waals surface area contributed by atoms with Gasteiger partial charge in [0.15, 0.2) is 0 Å². The van der Waals surface area contributed by atoms with Gasteiger partial charge >= 0.3 is 0 Å². The highest BCUT2D eigenvalue weighted by atomic mass is 79.9. The maximum atomic E-state index is 12.9. The monoisotopic (exact) mass is 550 g/mol. The number of piperidine rings is 1. The number of halogens is 1.